The lowest BCUT2D eigenvalue weighted by Crippen LogP contribution is -2.45. The van der Waals surface area contributed by atoms with E-state index in [2.05, 4.69) is 15.3 Å². The molecule has 1 saturated heterocycles. The average Bonchev–Trinajstić information content (AvgIpc) is 3.35. The first-order valence-electron chi connectivity index (χ1n) is 10.7. The molecule has 0 spiro atoms. The van der Waals surface area contributed by atoms with E-state index in [1.54, 1.807) is 23.1 Å². The summed E-state index contributed by atoms with van der Waals surface area (Å²) in [7, 11) is 0. The summed E-state index contributed by atoms with van der Waals surface area (Å²) in [5.74, 6) is -0.241. The number of aromatic nitrogens is 2. The molecule has 0 radical (unpaired) electrons. The van der Waals surface area contributed by atoms with Gasteiger partial charge in [0.15, 0.2) is 6.04 Å². The number of alkyl halides is 3. The van der Waals surface area contributed by atoms with Crippen LogP contribution >= 0.6 is 0 Å². The molecule has 9 heteroatoms. The predicted molar refractivity (Wildman–Crippen MR) is 116 cm³/mol. The number of carbonyl (C=O) groups excluding carboxylic acids is 1. The molecule has 6 nitrogen and oxygen atoms in total. The van der Waals surface area contributed by atoms with Crippen LogP contribution < -0.4 is 5.32 Å². The highest BCUT2D eigenvalue weighted by Crippen LogP contribution is 2.31. The van der Waals surface area contributed by atoms with Crippen molar-refractivity contribution in [1.82, 2.24) is 20.0 Å². The molecule has 1 aliphatic rings. The number of nitrogens with one attached hydrogen (secondary N) is 1. The third-order valence-corrected chi connectivity index (χ3v) is 5.73. The van der Waals surface area contributed by atoms with E-state index in [1.165, 1.54) is 12.1 Å². The molecule has 2 aromatic carbocycles. The van der Waals surface area contributed by atoms with Crippen molar-refractivity contribution >= 4 is 5.91 Å². The normalized spacial score (nSPS) is 16.8. The summed E-state index contributed by atoms with van der Waals surface area (Å²) in [6.07, 6.45) is -1.05. The summed E-state index contributed by atoms with van der Waals surface area (Å²) < 4.78 is 46.1. The molecule has 0 aliphatic carbocycles. The summed E-state index contributed by atoms with van der Waals surface area (Å²) in [6, 6.07) is 15.3. The minimum absolute atomic E-state index is 0.241. The van der Waals surface area contributed by atoms with Gasteiger partial charge >= 0.3 is 6.18 Å². The second kappa shape index (κ2) is 10.2. The molecular formula is C24H25F3N4O2. The van der Waals surface area contributed by atoms with Crippen molar-refractivity contribution in [3.05, 3.63) is 89.7 Å². The Labute approximate surface area is 190 Å². The van der Waals surface area contributed by atoms with E-state index in [-0.39, 0.29) is 18.5 Å². The highest BCUT2D eigenvalue weighted by atomic mass is 19.4. The molecule has 1 aliphatic heterocycles. The Morgan fingerprint density at radius 3 is 2.30 bits per heavy atom. The second-order valence-corrected chi connectivity index (χ2v) is 7.83. The van der Waals surface area contributed by atoms with Crippen LogP contribution in [0.3, 0.4) is 0 Å². The maximum Gasteiger partial charge on any atom is 0.416 e. The maximum atomic E-state index is 13.3. The standard InChI is InChI=1S/C24H25F3N4O2/c25-24(26,27)20-9-7-18(8-10-20)21(30-13-15-33-16-14-30)17-28-23(32)22(31-12-4-11-29-31)19-5-2-1-3-6-19/h1-12,21-22H,13-17H2,(H,28,32). The summed E-state index contributed by atoms with van der Waals surface area (Å²) in [5, 5.41) is 7.25. The van der Waals surface area contributed by atoms with Crippen molar-refractivity contribution in [3.63, 3.8) is 0 Å². The van der Waals surface area contributed by atoms with Crippen LogP contribution in [0.15, 0.2) is 73.1 Å². The Hall–Kier alpha value is -3.17. The van der Waals surface area contributed by atoms with Crippen molar-refractivity contribution in [1.29, 1.82) is 0 Å². The minimum Gasteiger partial charge on any atom is -0.379 e. The van der Waals surface area contributed by atoms with E-state index in [1.807, 2.05) is 30.3 Å². The highest BCUT2D eigenvalue weighted by molar-refractivity contribution is 5.83. The molecule has 0 saturated carbocycles. The summed E-state index contributed by atoms with van der Waals surface area (Å²) in [4.78, 5) is 15.4. The number of morpholine rings is 1. The molecule has 3 aromatic rings. The molecular weight excluding hydrogens is 433 g/mol. The number of ether oxygens (including phenoxy) is 1. The van der Waals surface area contributed by atoms with Crippen molar-refractivity contribution in [3.8, 4) is 0 Å². The van der Waals surface area contributed by atoms with Crippen molar-refractivity contribution in [2.24, 2.45) is 0 Å². The molecule has 2 atom stereocenters. The molecule has 4 rings (SSSR count). The first-order valence-corrected chi connectivity index (χ1v) is 10.7. The average molecular weight is 458 g/mol. The summed E-state index contributed by atoms with van der Waals surface area (Å²) in [6.45, 7) is 2.57. The molecule has 33 heavy (non-hydrogen) atoms. The Morgan fingerprint density at radius 2 is 1.70 bits per heavy atom. The lowest BCUT2D eigenvalue weighted by Gasteiger charge is -2.35. The van der Waals surface area contributed by atoms with Crippen molar-refractivity contribution < 1.29 is 22.7 Å². The van der Waals surface area contributed by atoms with Crippen LogP contribution in [0, 0.1) is 0 Å². The zero-order valence-corrected chi connectivity index (χ0v) is 17.9. The summed E-state index contributed by atoms with van der Waals surface area (Å²) in [5.41, 5.74) is 0.801. The van der Waals surface area contributed by atoms with Crippen LogP contribution in [0.4, 0.5) is 13.2 Å². The van der Waals surface area contributed by atoms with Gasteiger partial charge in [0.05, 0.1) is 24.8 Å². The van der Waals surface area contributed by atoms with E-state index in [9.17, 15) is 18.0 Å². The van der Waals surface area contributed by atoms with Gasteiger partial charge in [-0.05, 0) is 29.3 Å². The lowest BCUT2D eigenvalue weighted by atomic mass is 10.0. The SMILES string of the molecule is O=C(NCC(c1ccc(C(F)(F)F)cc1)N1CCOCC1)C(c1ccccc1)n1cccn1. The van der Waals surface area contributed by atoms with Gasteiger partial charge in [0, 0.05) is 32.0 Å². The Morgan fingerprint density at radius 1 is 1.00 bits per heavy atom. The highest BCUT2D eigenvalue weighted by Gasteiger charge is 2.31. The van der Waals surface area contributed by atoms with Gasteiger partial charge in [-0.25, -0.2) is 0 Å². The van der Waals surface area contributed by atoms with E-state index < -0.39 is 17.8 Å². The number of hydrogen-bond donors (Lipinski definition) is 1. The van der Waals surface area contributed by atoms with Crippen LogP contribution in [0.5, 0.6) is 0 Å². The van der Waals surface area contributed by atoms with Gasteiger partial charge < -0.3 is 10.1 Å². The van der Waals surface area contributed by atoms with Crippen LogP contribution in [-0.4, -0.2) is 53.4 Å². The number of carbonyl (C=O) groups is 1. The van der Waals surface area contributed by atoms with Gasteiger partial charge in [0.2, 0.25) is 5.91 Å². The van der Waals surface area contributed by atoms with Crippen molar-refractivity contribution in [2.45, 2.75) is 18.3 Å². The third kappa shape index (κ3) is 5.61. The number of nitrogens with zero attached hydrogens (tertiary/aromatic N) is 3. The van der Waals surface area contributed by atoms with Crippen LogP contribution in [0.25, 0.3) is 0 Å². The number of amides is 1. The topological polar surface area (TPSA) is 59.4 Å². The molecule has 2 unspecified atom stereocenters. The van der Waals surface area contributed by atoms with Gasteiger partial charge in [-0.2, -0.15) is 18.3 Å². The first-order chi connectivity index (χ1) is 15.9. The fourth-order valence-electron chi connectivity index (χ4n) is 4.03. The lowest BCUT2D eigenvalue weighted by molar-refractivity contribution is -0.137. The van der Waals surface area contributed by atoms with Crippen LogP contribution in [0.2, 0.25) is 0 Å². The molecule has 2 heterocycles. The fourth-order valence-corrected chi connectivity index (χ4v) is 4.03. The number of rotatable bonds is 7. The number of halogens is 3. The van der Waals surface area contributed by atoms with E-state index in [0.29, 0.717) is 31.9 Å². The Bertz CT molecular complexity index is 1020. The molecule has 1 amide bonds. The zero-order valence-electron chi connectivity index (χ0n) is 17.9. The van der Waals surface area contributed by atoms with Crippen LogP contribution in [0.1, 0.15) is 28.8 Å². The fraction of sp³-hybridized carbons (Fsp3) is 0.333. The van der Waals surface area contributed by atoms with Gasteiger partial charge in [-0.3, -0.25) is 14.4 Å². The summed E-state index contributed by atoms with van der Waals surface area (Å²) >= 11 is 0. The quantitative estimate of drug-likeness (QED) is 0.587. The Kier molecular flexibility index (Phi) is 7.10. The number of benzene rings is 2. The predicted octanol–water partition coefficient (Wildman–Crippen LogP) is 3.68. The zero-order chi connectivity index (χ0) is 23.3. The Balaban J connectivity index is 1.55. The molecule has 1 aromatic heterocycles. The third-order valence-electron chi connectivity index (χ3n) is 5.73. The van der Waals surface area contributed by atoms with Gasteiger partial charge in [-0.15, -0.1) is 0 Å². The van der Waals surface area contributed by atoms with Gasteiger partial charge in [0.25, 0.3) is 0 Å². The molecule has 174 valence electrons. The minimum atomic E-state index is -4.39. The largest absolute Gasteiger partial charge is 0.416 e. The van der Waals surface area contributed by atoms with E-state index in [4.69, 9.17) is 4.74 Å². The maximum absolute atomic E-state index is 13.3. The number of hydrogen-bond acceptors (Lipinski definition) is 4. The van der Waals surface area contributed by atoms with Crippen molar-refractivity contribution in [2.75, 3.05) is 32.8 Å². The molecule has 1 N–H and O–H groups in total. The van der Waals surface area contributed by atoms with E-state index in [0.717, 1.165) is 17.7 Å². The first kappa shape index (κ1) is 23.0. The smallest absolute Gasteiger partial charge is 0.379 e. The molecule has 0 bridgehead atoms. The second-order valence-electron chi connectivity index (χ2n) is 7.83. The van der Waals surface area contributed by atoms with Gasteiger partial charge in [0.1, 0.15) is 0 Å². The van der Waals surface area contributed by atoms with Crippen LogP contribution in [-0.2, 0) is 15.7 Å². The molecule has 1 fully saturated rings. The monoisotopic (exact) mass is 458 g/mol. The van der Waals surface area contributed by atoms with Gasteiger partial charge in [-0.1, -0.05) is 42.5 Å². The van der Waals surface area contributed by atoms with E-state index >= 15 is 0 Å².